The van der Waals surface area contributed by atoms with Gasteiger partial charge in [-0.05, 0) is 36.6 Å². The molecule has 0 aliphatic rings. The number of alkyl halides is 3. The lowest BCUT2D eigenvalue weighted by atomic mass is 10.00. The summed E-state index contributed by atoms with van der Waals surface area (Å²) in [5, 5.41) is 0. The molecule has 0 bridgehead atoms. The molecular weight excluding hydrogens is 331 g/mol. The van der Waals surface area contributed by atoms with E-state index in [1.54, 1.807) is 0 Å². The second kappa shape index (κ2) is 8.54. The van der Waals surface area contributed by atoms with E-state index < -0.39 is 22.1 Å². The van der Waals surface area contributed by atoms with Crippen LogP contribution < -0.4 is 9.46 Å². The minimum atomic E-state index is -4.80. The Morgan fingerprint density at radius 2 is 1.78 bits per heavy atom. The van der Waals surface area contributed by atoms with Crippen molar-refractivity contribution in [3.63, 3.8) is 0 Å². The molecule has 0 amide bonds. The average Bonchev–Trinajstić information content (AvgIpc) is 2.46. The van der Waals surface area contributed by atoms with Crippen LogP contribution in [0.15, 0.2) is 29.2 Å². The molecule has 132 valence electrons. The van der Waals surface area contributed by atoms with Crippen molar-refractivity contribution in [1.29, 1.82) is 0 Å². The number of sulfonamides is 1. The largest absolute Gasteiger partial charge is 0.573 e. The van der Waals surface area contributed by atoms with Gasteiger partial charge in [0.15, 0.2) is 0 Å². The Morgan fingerprint density at radius 1 is 1.17 bits per heavy atom. The maximum Gasteiger partial charge on any atom is 0.573 e. The summed E-state index contributed by atoms with van der Waals surface area (Å²) >= 11 is 0. The smallest absolute Gasteiger partial charge is 0.406 e. The number of nitrogens with one attached hydrogen (secondary N) is 1. The summed E-state index contributed by atoms with van der Waals surface area (Å²) in [6.45, 7) is 4.39. The van der Waals surface area contributed by atoms with Crippen LogP contribution >= 0.6 is 0 Å². The summed E-state index contributed by atoms with van der Waals surface area (Å²) in [6.07, 6.45) is -0.922. The maximum atomic E-state index is 12.1. The fourth-order valence-corrected chi connectivity index (χ4v) is 3.19. The zero-order valence-electron chi connectivity index (χ0n) is 13.2. The number of halogens is 3. The molecule has 0 heterocycles. The average molecular weight is 353 g/mol. The molecule has 0 aromatic heterocycles. The Hall–Kier alpha value is -1.28. The third-order valence-electron chi connectivity index (χ3n) is 3.47. The molecule has 1 aromatic rings. The van der Waals surface area contributed by atoms with E-state index in [1.165, 1.54) is 0 Å². The second-order valence-electron chi connectivity index (χ2n) is 5.29. The van der Waals surface area contributed by atoms with E-state index >= 15 is 0 Å². The van der Waals surface area contributed by atoms with Gasteiger partial charge < -0.3 is 4.74 Å². The van der Waals surface area contributed by atoms with E-state index in [0.29, 0.717) is 6.54 Å². The molecule has 0 fully saturated rings. The summed E-state index contributed by atoms with van der Waals surface area (Å²) in [5.41, 5.74) is 0. The normalized spacial score (nSPS) is 13.8. The first-order chi connectivity index (χ1) is 10.7. The van der Waals surface area contributed by atoms with Crippen molar-refractivity contribution in [2.24, 2.45) is 5.92 Å². The van der Waals surface area contributed by atoms with Crippen molar-refractivity contribution in [1.82, 2.24) is 4.72 Å². The minimum Gasteiger partial charge on any atom is -0.406 e. The highest BCUT2D eigenvalue weighted by molar-refractivity contribution is 7.89. The molecule has 0 radical (unpaired) electrons. The highest BCUT2D eigenvalue weighted by Gasteiger charge is 2.31. The van der Waals surface area contributed by atoms with Crippen LogP contribution in [0.25, 0.3) is 0 Å². The van der Waals surface area contributed by atoms with Gasteiger partial charge in [0.1, 0.15) is 5.75 Å². The molecule has 4 nitrogen and oxygen atoms in total. The van der Waals surface area contributed by atoms with Crippen molar-refractivity contribution in [2.75, 3.05) is 6.54 Å². The molecule has 1 unspecified atom stereocenters. The van der Waals surface area contributed by atoms with Crippen molar-refractivity contribution < 1.29 is 26.3 Å². The van der Waals surface area contributed by atoms with E-state index in [1.807, 2.05) is 6.92 Å². The quantitative estimate of drug-likeness (QED) is 0.728. The van der Waals surface area contributed by atoms with Crippen molar-refractivity contribution in [3.05, 3.63) is 24.3 Å². The van der Waals surface area contributed by atoms with Crippen LogP contribution in [-0.2, 0) is 10.0 Å². The van der Waals surface area contributed by atoms with Gasteiger partial charge in [-0.15, -0.1) is 13.2 Å². The molecule has 1 rings (SSSR count). The standard InChI is InChI=1S/C15H22F3NO3S/c1-3-5-6-12(4-2)11-19-23(20,21)14-9-7-13(8-10-14)22-15(16,17)18/h7-10,12,19H,3-6,11H2,1-2H3. The Bertz CT molecular complexity index is 571. The Balaban J connectivity index is 2.69. The van der Waals surface area contributed by atoms with Gasteiger partial charge in [0.25, 0.3) is 0 Å². The molecule has 23 heavy (non-hydrogen) atoms. The Morgan fingerprint density at radius 3 is 2.26 bits per heavy atom. The molecule has 1 N–H and O–H groups in total. The molecule has 1 atom stereocenters. The first-order valence-electron chi connectivity index (χ1n) is 7.53. The fourth-order valence-electron chi connectivity index (χ4n) is 2.07. The lowest BCUT2D eigenvalue weighted by molar-refractivity contribution is -0.274. The van der Waals surface area contributed by atoms with Crippen molar-refractivity contribution in [3.8, 4) is 5.75 Å². The summed E-state index contributed by atoms with van der Waals surface area (Å²) in [6, 6.07) is 4.15. The SMILES string of the molecule is CCCCC(CC)CNS(=O)(=O)c1ccc(OC(F)(F)F)cc1. The van der Waals surface area contributed by atoms with Gasteiger partial charge in [0.2, 0.25) is 10.0 Å². The molecule has 0 aliphatic carbocycles. The molecule has 8 heteroatoms. The van der Waals surface area contributed by atoms with Gasteiger partial charge in [-0.2, -0.15) is 0 Å². The zero-order valence-corrected chi connectivity index (χ0v) is 14.0. The molecule has 0 aliphatic heterocycles. The van der Waals surface area contributed by atoms with Crippen LogP contribution in [0.1, 0.15) is 39.5 Å². The van der Waals surface area contributed by atoms with E-state index in [9.17, 15) is 21.6 Å². The number of ether oxygens (including phenoxy) is 1. The molecule has 0 saturated carbocycles. The minimum absolute atomic E-state index is 0.0858. The number of rotatable bonds is 9. The summed E-state index contributed by atoms with van der Waals surface area (Å²) in [5.74, 6) is -0.205. The first-order valence-corrected chi connectivity index (χ1v) is 9.01. The van der Waals surface area contributed by atoms with Crippen LogP contribution in [0.4, 0.5) is 13.2 Å². The van der Waals surface area contributed by atoms with Gasteiger partial charge in [-0.3, -0.25) is 0 Å². The third-order valence-corrected chi connectivity index (χ3v) is 4.91. The molecule has 0 spiro atoms. The zero-order chi connectivity index (χ0) is 17.5. The van der Waals surface area contributed by atoms with Gasteiger partial charge in [0, 0.05) is 6.54 Å². The number of unbranched alkanes of at least 4 members (excludes halogenated alkanes) is 1. The van der Waals surface area contributed by atoms with Crippen LogP contribution in [-0.4, -0.2) is 21.3 Å². The Labute approximate surface area is 135 Å². The molecule has 1 aromatic carbocycles. The van der Waals surface area contributed by atoms with E-state index in [2.05, 4.69) is 16.4 Å². The van der Waals surface area contributed by atoms with Crippen molar-refractivity contribution >= 4 is 10.0 Å². The van der Waals surface area contributed by atoms with Crippen LogP contribution in [0.5, 0.6) is 5.75 Å². The highest BCUT2D eigenvalue weighted by Crippen LogP contribution is 2.24. The Kier molecular flexibility index (Phi) is 7.34. The number of benzene rings is 1. The third kappa shape index (κ3) is 7.22. The predicted molar refractivity (Wildman–Crippen MR) is 81.6 cm³/mol. The van der Waals surface area contributed by atoms with Gasteiger partial charge in [-0.1, -0.05) is 33.1 Å². The monoisotopic (exact) mass is 353 g/mol. The lowest BCUT2D eigenvalue weighted by Crippen LogP contribution is -2.29. The maximum absolute atomic E-state index is 12.1. The van der Waals surface area contributed by atoms with E-state index in [-0.39, 0.29) is 10.8 Å². The fraction of sp³-hybridized carbons (Fsp3) is 0.600. The van der Waals surface area contributed by atoms with Gasteiger partial charge in [0.05, 0.1) is 4.90 Å². The van der Waals surface area contributed by atoms with E-state index in [4.69, 9.17) is 0 Å². The van der Waals surface area contributed by atoms with Crippen LogP contribution in [0, 0.1) is 5.92 Å². The van der Waals surface area contributed by atoms with Gasteiger partial charge >= 0.3 is 6.36 Å². The lowest BCUT2D eigenvalue weighted by Gasteiger charge is -2.15. The number of hydrogen-bond donors (Lipinski definition) is 1. The van der Waals surface area contributed by atoms with Crippen molar-refractivity contribution in [2.45, 2.75) is 50.8 Å². The van der Waals surface area contributed by atoms with Crippen LogP contribution in [0.2, 0.25) is 0 Å². The summed E-state index contributed by atoms with van der Waals surface area (Å²) in [7, 11) is -3.74. The van der Waals surface area contributed by atoms with Crippen LogP contribution in [0.3, 0.4) is 0 Å². The van der Waals surface area contributed by atoms with Gasteiger partial charge in [-0.25, -0.2) is 13.1 Å². The molecular formula is C15H22F3NO3S. The summed E-state index contributed by atoms with van der Waals surface area (Å²) < 4.78 is 66.7. The predicted octanol–water partition coefficient (Wildman–Crippen LogP) is 4.08. The first kappa shape index (κ1) is 19.8. The van der Waals surface area contributed by atoms with E-state index in [0.717, 1.165) is 49.9 Å². The topological polar surface area (TPSA) is 55.4 Å². The summed E-state index contributed by atoms with van der Waals surface area (Å²) in [4.78, 5) is -0.0858. The number of hydrogen-bond acceptors (Lipinski definition) is 3. The molecule has 0 saturated heterocycles. The second-order valence-corrected chi connectivity index (χ2v) is 7.05. The highest BCUT2D eigenvalue weighted by atomic mass is 32.2.